The Hall–Kier alpha value is -4.59. The second-order valence-electron chi connectivity index (χ2n) is 7.82. The highest BCUT2D eigenvalue weighted by molar-refractivity contribution is 6.04. The maximum absolute atomic E-state index is 13.6. The van der Waals surface area contributed by atoms with Gasteiger partial charge in [0, 0.05) is 5.69 Å². The first-order valence-electron chi connectivity index (χ1n) is 11.1. The van der Waals surface area contributed by atoms with Gasteiger partial charge in [0.05, 0.1) is 25.6 Å². The van der Waals surface area contributed by atoms with Crippen molar-refractivity contribution >= 4 is 23.4 Å². The highest BCUT2D eigenvalue weighted by Gasteiger charge is 2.33. The standard InChI is InChI=1S/C27H25N3O5/c1-19-9-5-6-13-22(19)30(24(31)18-29-26(32)23-14-8-16-35-23)25(20-10-3-2-4-11-20)27(33)28-17-21-12-7-15-34-21/h2-16,25H,17-18H2,1H3,(H,28,33)(H,29,32). The number of carbonyl (C=O) groups excluding carboxylic acids is 3. The fourth-order valence-corrected chi connectivity index (χ4v) is 3.72. The van der Waals surface area contributed by atoms with E-state index in [9.17, 15) is 14.4 Å². The summed E-state index contributed by atoms with van der Waals surface area (Å²) < 4.78 is 10.4. The van der Waals surface area contributed by atoms with E-state index in [1.165, 1.54) is 23.5 Å². The molecule has 178 valence electrons. The molecule has 2 aromatic carbocycles. The number of furan rings is 2. The molecular formula is C27H25N3O5. The van der Waals surface area contributed by atoms with Crippen LogP contribution in [0.3, 0.4) is 0 Å². The largest absolute Gasteiger partial charge is 0.467 e. The predicted molar refractivity (Wildman–Crippen MR) is 129 cm³/mol. The Bertz CT molecular complexity index is 1270. The zero-order valence-electron chi connectivity index (χ0n) is 19.1. The fourth-order valence-electron chi connectivity index (χ4n) is 3.72. The molecule has 8 nitrogen and oxygen atoms in total. The summed E-state index contributed by atoms with van der Waals surface area (Å²) in [4.78, 5) is 40.9. The van der Waals surface area contributed by atoms with Crippen molar-refractivity contribution in [3.63, 3.8) is 0 Å². The van der Waals surface area contributed by atoms with Gasteiger partial charge in [-0.25, -0.2) is 0 Å². The summed E-state index contributed by atoms with van der Waals surface area (Å²) in [6.07, 6.45) is 2.91. The van der Waals surface area contributed by atoms with Crippen molar-refractivity contribution in [1.29, 1.82) is 0 Å². The molecule has 0 fully saturated rings. The van der Waals surface area contributed by atoms with Crippen LogP contribution in [0.4, 0.5) is 5.69 Å². The van der Waals surface area contributed by atoms with Crippen molar-refractivity contribution in [1.82, 2.24) is 10.6 Å². The average molecular weight is 472 g/mol. The Labute approximate surface area is 202 Å². The van der Waals surface area contributed by atoms with E-state index in [-0.39, 0.29) is 24.8 Å². The van der Waals surface area contributed by atoms with Crippen LogP contribution in [0.1, 0.15) is 33.5 Å². The summed E-state index contributed by atoms with van der Waals surface area (Å²) in [5.41, 5.74) is 1.99. The van der Waals surface area contributed by atoms with Crippen LogP contribution in [0.25, 0.3) is 0 Å². The lowest BCUT2D eigenvalue weighted by Gasteiger charge is -2.32. The van der Waals surface area contributed by atoms with Crippen LogP contribution in [0, 0.1) is 6.92 Å². The van der Waals surface area contributed by atoms with Crippen LogP contribution >= 0.6 is 0 Å². The quantitative estimate of drug-likeness (QED) is 0.384. The molecule has 0 saturated heterocycles. The first-order valence-corrected chi connectivity index (χ1v) is 11.1. The minimum atomic E-state index is -0.986. The van der Waals surface area contributed by atoms with Gasteiger partial charge in [-0.3, -0.25) is 19.3 Å². The van der Waals surface area contributed by atoms with Gasteiger partial charge in [-0.05, 0) is 48.4 Å². The van der Waals surface area contributed by atoms with Crippen molar-refractivity contribution in [2.24, 2.45) is 0 Å². The van der Waals surface area contributed by atoms with Gasteiger partial charge in [0.15, 0.2) is 5.76 Å². The molecule has 4 aromatic rings. The van der Waals surface area contributed by atoms with E-state index in [2.05, 4.69) is 10.6 Å². The number of carbonyl (C=O) groups is 3. The van der Waals surface area contributed by atoms with E-state index in [0.717, 1.165) is 5.56 Å². The predicted octanol–water partition coefficient (Wildman–Crippen LogP) is 4.00. The van der Waals surface area contributed by atoms with Crippen molar-refractivity contribution in [3.8, 4) is 0 Å². The normalized spacial score (nSPS) is 11.5. The molecule has 1 unspecified atom stereocenters. The first-order chi connectivity index (χ1) is 17.0. The molecule has 0 aliphatic rings. The van der Waals surface area contributed by atoms with Gasteiger partial charge < -0.3 is 19.5 Å². The molecule has 4 rings (SSSR count). The third-order valence-corrected chi connectivity index (χ3v) is 5.43. The molecule has 35 heavy (non-hydrogen) atoms. The van der Waals surface area contributed by atoms with E-state index in [4.69, 9.17) is 8.83 Å². The number of nitrogens with one attached hydrogen (secondary N) is 2. The average Bonchev–Trinajstić information content (AvgIpc) is 3.60. The van der Waals surface area contributed by atoms with Crippen molar-refractivity contribution < 1.29 is 23.2 Å². The molecule has 0 radical (unpaired) electrons. The van der Waals surface area contributed by atoms with Crippen molar-refractivity contribution in [2.45, 2.75) is 19.5 Å². The summed E-state index contributed by atoms with van der Waals surface area (Å²) >= 11 is 0. The minimum absolute atomic E-state index is 0.0936. The third-order valence-electron chi connectivity index (χ3n) is 5.43. The van der Waals surface area contributed by atoms with Gasteiger partial charge in [-0.15, -0.1) is 0 Å². The molecule has 8 heteroatoms. The molecule has 2 aromatic heterocycles. The Morgan fingerprint density at radius 1 is 0.829 bits per heavy atom. The molecule has 0 aliphatic heterocycles. The summed E-state index contributed by atoms with van der Waals surface area (Å²) in [6, 6.07) is 21.9. The first kappa shape index (κ1) is 23.6. The number of nitrogens with zero attached hydrogens (tertiary/aromatic N) is 1. The Kier molecular flexibility index (Phi) is 7.42. The van der Waals surface area contributed by atoms with Gasteiger partial charge in [-0.2, -0.15) is 0 Å². The van der Waals surface area contributed by atoms with Crippen LogP contribution in [-0.4, -0.2) is 24.3 Å². The molecule has 0 saturated carbocycles. The number of rotatable bonds is 9. The summed E-state index contributed by atoms with van der Waals surface area (Å²) in [5, 5.41) is 5.45. The number of aryl methyl sites for hydroxylation is 1. The minimum Gasteiger partial charge on any atom is -0.467 e. The topological polar surface area (TPSA) is 105 Å². The molecular weight excluding hydrogens is 446 g/mol. The number of anilines is 1. The van der Waals surface area contributed by atoms with Crippen molar-refractivity contribution in [3.05, 3.63) is 114 Å². The number of amides is 3. The summed E-state index contributed by atoms with van der Waals surface area (Å²) in [5.74, 6) is -0.685. The lowest BCUT2D eigenvalue weighted by atomic mass is 10.0. The smallest absolute Gasteiger partial charge is 0.287 e. The number of hydrogen-bond acceptors (Lipinski definition) is 5. The van der Waals surface area contributed by atoms with Crippen LogP contribution in [0.2, 0.25) is 0 Å². The number of hydrogen-bond donors (Lipinski definition) is 2. The molecule has 0 bridgehead atoms. The fraction of sp³-hybridized carbons (Fsp3) is 0.148. The maximum atomic E-state index is 13.6. The van der Waals surface area contributed by atoms with Gasteiger partial charge in [0.25, 0.3) is 5.91 Å². The van der Waals surface area contributed by atoms with Gasteiger partial charge in [0.2, 0.25) is 11.8 Å². The van der Waals surface area contributed by atoms with Gasteiger partial charge in [-0.1, -0.05) is 48.5 Å². The molecule has 1 atom stereocenters. The summed E-state index contributed by atoms with van der Waals surface area (Å²) in [6.45, 7) is 1.70. The lowest BCUT2D eigenvalue weighted by Crippen LogP contribution is -2.47. The van der Waals surface area contributed by atoms with Crippen LogP contribution in [0.15, 0.2) is 100 Å². The zero-order valence-corrected chi connectivity index (χ0v) is 19.1. The van der Waals surface area contributed by atoms with Gasteiger partial charge in [0.1, 0.15) is 11.8 Å². The van der Waals surface area contributed by atoms with Crippen LogP contribution in [-0.2, 0) is 16.1 Å². The van der Waals surface area contributed by atoms with E-state index in [1.807, 2.05) is 25.1 Å². The van der Waals surface area contributed by atoms with Crippen LogP contribution in [0.5, 0.6) is 0 Å². The molecule has 2 heterocycles. The van der Waals surface area contributed by atoms with E-state index in [1.54, 1.807) is 54.6 Å². The van der Waals surface area contributed by atoms with E-state index >= 15 is 0 Å². The molecule has 0 spiro atoms. The summed E-state index contributed by atoms with van der Waals surface area (Å²) in [7, 11) is 0. The molecule has 2 N–H and O–H groups in total. The third kappa shape index (κ3) is 5.67. The molecule has 3 amide bonds. The highest BCUT2D eigenvalue weighted by Crippen LogP contribution is 2.30. The Balaban J connectivity index is 1.66. The SMILES string of the molecule is Cc1ccccc1N(C(=O)CNC(=O)c1ccco1)C(C(=O)NCc1ccco1)c1ccccc1. The zero-order chi connectivity index (χ0) is 24.6. The van der Waals surface area contributed by atoms with E-state index < -0.39 is 17.9 Å². The van der Waals surface area contributed by atoms with Crippen LogP contribution < -0.4 is 15.5 Å². The Morgan fingerprint density at radius 2 is 1.54 bits per heavy atom. The second-order valence-corrected chi connectivity index (χ2v) is 7.82. The number of para-hydroxylation sites is 1. The number of benzene rings is 2. The highest BCUT2D eigenvalue weighted by atomic mass is 16.3. The Morgan fingerprint density at radius 3 is 2.23 bits per heavy atom. The van der Waals surface area contributed by atoms with E-state index in [0.29, 0.717) is 17.0 Å². The van der Waals surface area contributed by atoms with Crippen molar-refractivity contribution in [2.75, 3.05) is 11.4 Å². The monoisotopic (exact) mass is 471 g/mol. The lowest BCUT2D eigenvalue weighted by molar-refractivity contribution is -0.126. The van der Waals surface area contributed by atoms with Gasteiger partial charge >= 0.3 is 0 Å². The molecule has 0 aliphatic carbocycles. The maximum Gasteiger partial charge on any atom is 0.287 e. The second kappa shape index (κ2) is 11.0.